The van der Waals surface area contributed by atoms with Gasteiger partial charge in [-0.2, -0.15) is 0 Å². The van der Waals surface area contributed by atoms with Crippen LogP contribution >= 0.6 is 11.8 Å². The maximum Gasteiger partial charge on any atom is 0.322 e. The molecule has 1 aromatic carbocycles. The lowest BCUT2D eigenvalue weighted by molar-refractivity contribution is -0.140. The average Bonchev–Trinajstić information content (AvgIpc) is 2.99. The first-order valence-electron chi connectivity index (χ1n) is 4.59. The molecule has 0 spiro atoms. The number of thioether (sulfide) groups is 1. The lowest BCUT2D eigenvalue weighted by Gasteiger charge is -2.11. The van der Waals surface area contributed by atoms with Gasteiger partial charge in [0, 0.05) is 4.90 Å². The number of carbonyl (C=O) groups is 1. The molecule has 14 heavy (non-hydrogen) atoms. The van der Waals surface area contributed by atoms with Crippen LogP contribution in [0.2, 0.25) is 0 Å². The summed E-state index contributed by atoms with van der Waals surface area (Å²) in [7, 11) is 1.45. The highest BCUT2D eigenvalue weighted by Crippen LogP contribution is 2.52. The van der Waals surface area contributed by atoms with Crippen molar-refractivity contribution in [1.29, 1.82) is 0 Å². The Labute approximate surface area is 87.6 Å². The van der Waals surface area contributed by atoms with Gasteiger partial charge in [0.25, 0.3) is 0 Å². The molecular formula is C11H12O2S. The third kappa shape index (κ3) is 1.77. The number of benzene rings is 1. The fourth-order valence-electron chi connectivity index (χ4n) is 1.36. The van der Waals surface area contributed by atoms with E-state index in [0.29, 0.717) is 0 Å². The van der Waals surface area contributed by atoms with Crippen molar-refractivity contribution < 1.29 is 9.53 Å². The van der Waals surface area contributed by atoms with Crippen LogP contribution in [0.25, 0.3) is 0 Å². The Hall–Kier alpha value is -0.960. The van der Waals surface area contributed by atoms with E-state index in [1.54, 1.807) is 11.8 Å². The summed E-state index contributed by atoms with van der Waals surface area (Å²) in [6.07, 6.45) is 1.86. The number of esters is 1. The number of rotatable bonds is 3. The molecule has 1 fully saturated rings. The fourth-order valence-corrected chi connectivity index (χ4v) is 2.58. The topological polar surface area (TPSA) is 26.3 Å². The summed E-state index contributed by atoms with van der Waals surface area (Å²) >= 11 is 1.62. The molecule has 1 saturated carbocycles. The van der Waals surface area contributed by atoms with Crippen LogP contribution in [0.3, 0.4) is 0 Å². The second kappa shape index (κ2) is 3.65. The van der Waals surface area contributed by atoms with Crippen LogP contribution in [-0.4, -0.2) is 17.8 Å². The maximum atomic E-state index is 11.5. The first-order chi connectivity index (χ1) is 6.77. The van der Waals surface area contributed by atoms with Crippen molar-refractivity contribution in [2.24, 2.45) is 0 Å². The summed E-state index contributed by atoms with van der Waals surface area (Å²) in [4.78, 5) is 12.6. The van der Waals surface area contributed by atoms with E-state index >= 15 is 0 Å². The molecule has 2 nitrogen and oxygen atoms in total. The SMILES string of the molecule is COC(=O)C1(Sc2ccccc2)CC1. The molecular weight excluding hydrogens is 196 g/mol. The van der Waals surface area contributed by atoms with E-state index in [9.17, 15) is 4.79 Å². The summed E-state index contributed by atoms with van der Waals surface area (Å²) in [5, 5.41) is 0. The van der Waals surface area contributed by atoms with Crippen LogP contribution < -0.4 is 0 Å². The predicted molar refractivity (Wildman–Crippen MR) is 56.3 cm³/mol. The second-order valence-corrected chi connectivity index (χ2v) is 4.86. The third-order valence-corrected chi connectivity index (χ3v) is 3.79. The summed E-state index contributed by atoms with van der Waals surface area (Å²) < 4.78 is 4.51. The predicted octanol–water partition coefficient (Wildman–Crippen LogP) is 2.48. The van der Waals surface area contributed by atoms with Gasteiger partial charge in [-0.3, -0.25) is 4.79 Å². The van der Waals surface area contributed by atoms with Crippen LogP contribution in [0.5, 0.6) is 0 Å². The van der Waals surface area contributed by atoms with Gasteiger partial charge in [0.2, 0.25) is 0 Å². The first-order valence-corrected chi connectivity index (χ1v) is 5.41. The molecule has 0 unspecified atom stereocenters. The smallest absolute Gasteiger partial charge is 0.322 e. The Morgan fingerprint density at radius 2 is 2.00 bits per heavy atom. The standard InChI is InChI=1S/C11H12O2S/c1-13-10(12)11(7-8-11)14-9-5-3-2-4-6-9/h2-6H,7-8H2,1H3. The molecule has 74 valence electrons. The Kier molecular flexibility index (Phi) is 2.50. The van der Waals surface area contributed by atoms with Crippen LogP contribution in [0.4, 0.5) is 0 Å². The zero-order valence-electron chi connectivity index (χ0n) is 8.03. The lowest BCUT2D eigenvalue weighted by atomic mass is 10.4. The number of methoxy groups -OCH3 is 1. The minimum Gasteiger partial charge on any atom is -0.468 e. The van der Waals surface area contributed by atoms with Crippen molar-refractivity contribution in [2.45, 2.75) is 22.5 Å². The van der Waals surface area contributed by atoms with Crippen LogP contribution in [0, 0.1) is 0 Å². The van der Waals surface area contributed by atoms with E-state index in [-0.39, 0.29) is 10.7 Å². The van der Waals surface area contributed by atoms with E-state index in [4.69, 9.17) is 4.74 Å². The van der Waals surface area contributed by atoms with E-state index in [1.165, 1.54) is 7.11 Å². The first kappa shape index (κ1) is 9.59. The van der Waals surface area contributed by atoms with Gasteiger partial charge in [-0.15, -0.1) is 11.8 Å². The largest absolute Gasteiger partial charge is 0.468 e. The number of hydrogen-bond donors (Lipinski definition) is 0. The normalized spacial score (nSPS) is 17.5. The monoisotopic (exact) mass is 208 g/mol. The number of carbonyl (C=O) groups excluding carboxylic acids is 1. The van der Waals surface area contributed by atoms with Gasteiger partial charge >= 0.3 is 5.97 Å². The van der Waals surface area contributed by atoms with Gasteiger partial charge in [0.1, 0.15) is 4.75 Å². The summed E-state index contributed by atoms with van der Waals surface area (Å²) in [6, 6.07) is 9.98. The highest BCUT2D eigenvalue weighted by Gasteiger charge is 2.52. The average molecular weight is 208 g/mol. The fraction of sp³-hybridized carbons (Fsp3) is 0.364. The molecule has 0 radical (unpaired) electrons. The molecule has 0 bridgehead atoms. The molecule has 2 rings (SSSR count). The summed E-state index contributed by atoms with van der Waals surface area (Å²) in [6.45, 7) is 0. The molecule has 0 aliphatic heterocycles. The molecule has 0 atom stereocenters. The Balaban J connectivity index is 2.08. The van der Waals surface area contributed by atoms with Crippen molar-refractivity contribution in [3.8, 4) is 0 Å². The zero-order chi connectivity index (χ0) is 10.0. The molecule has 0 N–H and O–H groups in total. The van der Waals surface area contributed by atoms with Crippen molar-refractivity contribution in [1.82, 2.24) is 0 Å². The molecule has 0 saturated heterocycles. The highest BCUT2D eigenvalue weighted by atomic mass is 32.2. The maximum absolute atomic E-state index is 11.5. The molecule has 1 aliphatic rings. The van der Waals surface area contributed by atoms with E-state index in [2.05, 4.69) is 0 Å². The van der Waals surface area contributed by atoms with Crippen molar-refractivity contribution in [3.05, 3.63) is 30.3 Å². The second-order valence-electron chi connectivity index (χ2n) is 3.40. The zero-order valence-corrected chi connectivity index (χ0v) is 8.84. The minimum atomic E-state index is -0.282. The third-order valence-electron chi connectivity index (χ3n) is 2.32. The number of hydrogen-bond acceptors (Lipinski definition) is 3. The lowest BCUT2D eigenvalue weighted by Crippen LogP contribution is -2.19. The number of ether oxygens (including phenoxy) is 1. The van der Waals surface area contributed by atoms with Gasteiger partial charge in [0.15, 0.2) is 0 Å². The molecule has 3 heteroatoms. The van der Waals surface area contributed by atoms with Gasteiger partial charge in [-0.25, -0.2) is 0 Å². The van der Waals surface area contributed by atoms with Crippen molar-refractivity contribution in [3.63, 3.8) is 0 Å². The van der Waals surface area contributed by atoms with E-state index in [0.717, 1.165) is 17.7 Å². The summed E-state index contributed by atoms with van der Waals surface area (Å²) in [5.41, 5.74) is 0. The van der Waals surface area contributed by atoms with E-state index < -0.39 is 0 Å². The van der Waals surface area contributed by atoms with Crippen LogP contribution in [0.15, 0.2) is 35.2 Å². The van der Waals surface area contributed by atoms with Gasteiger partial charge in [-0.1, -0.05) is 18.2 Å². The van der Waals surface area contributed by atoms with Gasteiger partial charge in [0.05, 0.1) is 7.11 Å². The quantitative estimate of drug-likeness (QED) is 0.714. The van der Waals surface area contributed by atoms with Crippen LogP contribution in [0.1, 0.15) is 12.8 Å². The Bertz CT molecular complexity index is 330. The van der Waals surface area contributed by atoms with Crippen molar-refractivity contribution in [2.75, 3.05) is 7.11 Å². The molecule has 0 aromatic heterocycles. The van der Waals surface area contributed by atoms with E-state index in [1.807, 2.05) is 30.3 Å². The highest BCUT2D eigenvalue weighted by molar-refractivity contribution is 8.01. The molecule has 0 heterocycles. The van der Waals surface area contributed by atoms with Crippen LogP contribution in [-0.2, 0) is 9.53 Å². The van der Waals surface area contributed by atoms with Gasteiger partial charge < -0.3 is 4.74 Å². The Morgan fingerprint density at radius 3 is 2.50 bits per heavy atom. The molecule has 0 amide bonds. The Morgan fingerprint density at radius 1 is 1.36 bits per heavy atom. The molecule has 1 aromatic rings. The summed E-state index contributed by atoms with van der Waals surface area (Å²) in [5.74, 6) is -0.0913. The molecule has 1 aliphatic carbocycles. The van der Waals surface area contributed by atoms with Gasteiger partial charge in [-0.05, 0) is 25.0 Å². The van der Waals surface area contributed by atoms with Crippen molar-refractivity contribution >= 4 is 17.7 Å². The minimum absolute atomic E-state index is 0.0913.